The predicted octanol–water partition coefficient (Wildman–Crippen LogP) is 4.86. The molecule has 8 heteroatoms. The molecule has 3 aromatic rings. The Morgan fingerprint density at radius 1 is 1.10 bits per heavy atom. The van der Waals surface area contributed by atoms with Crippen LogP contribution in [0.4, 0.5) is 13.2 Å². The van der Waals surface area contributed by atoms with Crippen molar-refractivity contribution in [2.45, 2.75) is 45.7 Å². The molecule has 0 spiro atoms. The van der Waals surface area contributed by atoms with Gasteiger partial charge in [0.2, 0.25) is 0 Å². The molecule has 1 aliphatic heterocycles. The summed E-state index contributed by atoms with van der Waals surface area (Å²) in [6.07, 6.45) is -4.52. The smallest absolute Gasteiger partial charge is 0.416 e. The number of amides is 1. The molecule has 0 radical (unpaired) electrons. The van der Waals surface area contributed by atoms with Crippen LogP contribution in [0.1, 0.15) is 41.2 Å². The van der Waals surface area contributed by atoms with E-state index in [2.05, 4.69) is 0 Å². The Bertz CT molecular complexity index is 1060. The molecular weight excluding hydrogens is 397 g/mol. The number of carbonyl (C=O) groups is 1. The number of halogens is 3. The summed E-state index contributed by atoms with van der Waals surface area (Å²) in [5.74, 6) is 0.557. The van der Waals surface area contributed by atoms with Crippen molar-refractivity contribution in [3.05, 3.63) is 59.0 Å². The number of carbonyl (C=O) groups excluding carboxylic acids is 1. The molecule has 0 aliphatic carbocycles. The zero-order chi connectivity index (χ0) is 21.6. The summed E-state index contributed by atoms with van der Waals surface area (Å²) in [4.78, 5) is 15.1. The van der Waals surface area contributed by atoms with E-state index in [0.29, 0.717) is 35.7 Å². The Morgan fingerprint density at radius 2 is 1.73 bits per heavy atom. The molecule has 1 saturated heterocycles. The molecule has 2 aromatic heterocycles. The largest absolute Gasteiger partial charge is 0.460 e. The fraction of sp³-hybridized carbons (Fsp3) is 0.409. The average Bonchev–Trinajstić information content (AvgIpc) is 3.17. The summed E-state index contributed by atoms with van der Waals surface area (Å²) >= 11 is 0. The number of rotatable bonds is 3. The average molecular weight is 420 g/mol. The highest BCUT2D eigenvalue weighted by Crippen LogP contribution is 2.30. The van der Waals surface area contributed by atoms with Crippen LogP contribution < -0.4 is 0 Å². The first kappa shape index (κ1) is 20.5. The van der Waals surface area contributed by atoms with Gasteiger partial charge in [-0.1, -0.05) is 12.1 Å². The number of alkyl halides is 3. The lowest BCUT2D eigenvalue weighted by Gasteiger charge is -2.35. The molecule has 0 N–H and O–H groups in total. The van der Waals surface area contributed by atoms with E-state index in [1.54, 1.807) is 11.0 Å². The first-order valence-electron chi connectivity index (χ1n) is 9.82. The van der Waals surface area contributed by atoms with Crippen molar-refractivity contribution in [3.63, 3.8) is 0 Å². The van der Waals surface area contributed by atoms with E-state index in [4.69, 9.17) is 9.15 Å². The summed E-state index contributed by atoms with van der Waals surface area (Å²) in [5.41, 5.74) is 1.74. The number of benzene rings is 1. The van der Waals surface area contributed by atoms with Crippen LogP contribution in [-0.4, -0.2) is 40.7 Å². The number of hydrogen-bond acceptors (Lipinski definition) is 3. The van der Waals surface area contributed by atoms with Gasteiger partial charge >= 0.3 is 6.18 Å². The third-order valence-electron chi connectivity index (χ3n) is 5.26. The van der Waals surface area contributed by atoms with E-state index in [9.17, 15) is 18.0 Å². The van der Waals surface area contributed by atoms with Gasteiger partial charge in [0.25, 0.3) is 5.91 Å². The molecule has 30 heavy (non-hydrogen) atoms. The Labute approximate surface area is 172 Å². The standard InChI is InChI=1S/C22H23F3N2O3/c1-13-8-18-20(30-13)9-19(21(28)26-10-14(2)29-15(3)11-26)27(18)12-16-4-6-17(7-5-16)22(23,24)25/h4-9,14-15H,10-12H2,1-3H3/t14-,15-/m0/s1. The summed E-state index contributed by atoms with van der Waals surface area (Å²) in [5, 5.41) is 0. The van der Waals surface area contributed by atoms with E-state index in [1.165, 1.54) is 12.1 Å². The van der Waals surface area contributed by atoms with Gasteiger partial charge in [0.1, 0.15) is 11.5 Å². The molecule has 4 rings (SSSR count). The van der Waals surface area contributed by atoms with Gasteiger partial charge in [0.15, 0.2) is 5.58 Å². The van der Waals surface area contributed by atoms with Gasteiger partial charge in [0, 0.05) is 31.8 Å². The van der Waals surface area contributed by atoms with Crippen LogP contribution in [-0.2, 0) is 17.5 Å². The first-order valence-corrected chi connectivity index (χ1v) is 9.82. The van der Waals surface area contributed by atoms with Crippen LogP contribution >= 0.6 is 0 Å². The highest BCUT2D eigenvalue weighted by molar-refractivity contribution is 5.97. The molecule has 1 aromatic carbocycles. The van der Waals surface area contributed by atoms with Gasteiger partial charge in [-0.05, 0) is 38.5 Å². The Balaban J connectivity index is 1.69. The summed E-state index contributed by atoms with van der Waals surface area (Å²) < 4.78 is 51.8. The van der Waals surface area contributed by atoms with Crippen molar-refractivity contribution in [3.8, 4) is 0 Å². The van der Waals surface area contributed by atoms with Gasteiger partial charge in [0.05, 0.1) is 23.3 Å². The van der Waals surface area contributed by atoms with Gasteiger partial charge < -0.3 is 18.6 Å². The van der Waals surface area contributed by atoms with Gasteiger partial charge in [-0.25, -0.2) is 0 Å². The minimum atomic E-state index is -4.38. The first-order chi connectivity index (χ1) is 14.1. The van der Waals surface area contributed by atoms with Gasteiger partial charge in [-0.2, -0.15) is 13.2 Å². The molecule has 0 unspecified atom stereocenters. The van der Waals surface area contributed by atoms with Gasteiger partial charge in [-0.3, -0.25) is 4.79 Å². The molecule has 1 aliphatic rings. The van der Waals surface area contributed by atoms with Crippen molar-refractivity contribution in [2.24, 2.45) is 0 Å². The van der Waals surface area contributed by atoms with Crippen molar-refractivity contribution in [1.82, 2.24) is 9.47 Å². The summed E-state index contributed by atoms with van der Waals surface area (Å²) in [6, 6.07) is 8.54. The molecule has 0 saturated carbocycles. The van der Waals surface area contributed by atoms with Crippen LogP contribution in [0.15, 0.2) is 40.8 Å². The maximum Gasteiger partial charge on any atom is 0.416 e. The normalized spacial score (nSPS) is 20.1. The van der Waals surface area contributed by atoms with Crippen LogP contribution in [0.25, 0.3) is 11.1 Å². The lowest BCUT2D eigenvalue weighted by Crippen LogP contribution is -2.48. The van der Waals surface area contributed by atoms with Crippen molar-refractivity contribution >= 4 is 17.0 Å². The van der Waals surface area contributed by atoms with E-state index >= 15 is 0 Å². The Kier molecular flexibility index (Phi) is 5.13. The second kappa shape index (κ2) is 7.50. The van der Waals surface area contributed by atoms with Crippen LogP contribution in [0.2, 0.25) is 0 Å². The lowest BCUT2D eigenvalue weighted by molar-refractivity contribution is -0.137. The predicted molar refractivity (Wildman–Crippen MR) is 105 cm³/mol. The quantitative estimate of drug-likeness (QED) is 0.608. The molecule has 160 valence electrons. The number of hydrogen-bond donors (Lipinski definition) is 0. The Hall–Kier alpha value is -2.74. The van der Waals surface area contributed by atoms with Crippen LogP contribution in [0.3, 0.4) is 0 Å². The second-order valence-electron chi connectivity index (χ2n) is 7.88. The minimum absolute atomic E-state index is 0.0683. The molecule has 1 fully saturated rings. The van der Waals surface area contributed by atoms with Crippen molar-refractivity contribution in [2.75, 3.05) is 13.1 Å². The van der Waals surface area contributed by atoms with Crippen LogP contribution in [0.5, 0.6) is 0 Å². The molecule has 3 heterocycles. The minimum Gasteiger partial charge on any atom is -0.460 e. The van der Waals surface area contributed by atoms with E-state index < -0.39 is 11.7 Å². The number of aryl methyl sites for hydroxylation is 1. The number of fused-ring (bicyclic) bond motifs is 1. The number of aromatic nitrogens is 1. The van der Waals surface area contributed by atoms with Crippen molar-refractivity contribution in [1.29, 1.82) is 0 Å². The molecular formula is C22H23F3N2O3. The zero-order valence-electron chi connectivity index (χ0n) is 17.0. The SMILES string of the molecule is Cc1cc2c(cc(C(=O)N3C[C@H](C)O[C@@H](C)C3)n2Cc2ccc(C(F)(F)F)cc2)o1. The number of morpholine rings is 1. The maximum absolute atomic E-state index is 13.3. The number of ether oxygens (including phenoxy) is 1. The summed E-state index contributed by atoms with van der Waals surface area (Å²) in [6.45, 7) is 6.88. The maximum atomic E-state index is 13.3. The molecule has 2 atom stereocenters. The van der Waals surface area contributed by atoms with Crippen molar-refractivity contribution < 1.29 is 27.1 Å². The Morgan fingerprint density at radius 3 is 2.33 bits per heavy atom. The third-order valence-corrected chi connectivity index (χ3v) is 5.26. The molecule has 1 amide bonds. The molecule has 5 nitrogen and oxygen atoms in total. The van der Waals surface area contributed by atoms with Gasteiger partial charge in [-0.15, -0.1) is 0 Å². The number of nitrogens with zero attached hydrogens (tertiary/aromatic N) is 2. The third kappa shape index (κ3) is 3.96. The highest BCUT2D eigenvalue weighted by atomic mass is 19.4. The van der Waals surface area contributed by atoms with Crippen LogP contribution in [0, 0.1) is 6.92 Å². The second-order valence-corrected chi connectivity index (χ2v) is 7.88. The monoisotopic (exact) mass is 420 g/mol. The number of furan rings is 1. The topological polar surface area (TPSA) is 47.6 Å². The lowest BCUT2D eigenvalue weighted by atomic mass is 10.1. The van der Waals surface area contributed by atoms with E-state index in [1.807, 2.05) is 31.4 Å². The zero-order valence-corrected chi connectivity index (χ0v) is 17.0. The van der Waals surface area contributed by atoms with E-state index in [-0.39, 0.29) is 24.7 Å². The summed E-state index contributed by atoms with van der Waals surface area (Å²) in [7, 11) is 0. The molecule has 0 bridgehead atoms. The fourth-order valence-electron chi connectivity index (χ4n) is 4.00. The highest BCUT2D eigenvalue weighted by Gasteiger charge is 2.31. The fourth-order valence-corrected chi connectivity index (χ4v) is 4.00. The van der Waals surface area contributed by atoms with E-state index in [0.717, 1.165) is 17.6 Å².